The Morgan fingerprint density at radius 1 is 1.21 bits per heavy atom. The Kier molecular flexibility index (Phi) is 6.19. The van der Waals surface area contributed by atoms with Crippen molar-refractivity contribution in [3.05, 3.63) is 48.0 Å². The van der Waals surface area contributed by atoms with Crippen molar-refractivity contribution in [1.82, 2.24) is 9.97 Å². The highest BCUT2D eigenvalue weighted by Gasteiger charge is 2.12. The van der Waals surface area contributed by atoms with Gasteiger partial charge in [0.05, 0.1) is 11.9 Å². The number of aromatic nitrogens is 2. The number of ether oxygens (including phenoxy) is 1. The normalized spacial score (nSPS) is 10.5. The van der Waals surface area contributed by atoms with Gasteiger partial charge in [0.25, 0.3) is 11.7 Å². The molecule has 0 saturated carbocycles. The van der Waals surface area contributed by atoms with E-state index in [4.69, 9.17) is 4.74 Å². The largest absolute Gasteiger partial charge is 0.451 e. The number of rotatable bonds is 6. The van der Waals surface area contributed by atoms with Crippen LogP contribution in [0.4, 0.5) is 14.5 Å². The lowest BCUT2D eigenvalue weighted by Crippen LogP contribution is -2.21. The predicted molar refractivity (Wildman–Crippen MR) is 84.0 cm³/mol. The molecule has 1 N–H and O–H groups in total. The zero-order chi connectivity index (χ0) is 17.5. The van der Waals surface area contributed by atoms with Crippen LogP contribution < -0.4 is 5.32 Å². The minimum atomic E-state index is -2.50. The summed E-state index contributed by atoms with van der Waals surface area (Å²) in [5.74, 6) is -3.83. The minimum Gasteiger partial charge on any atom is -0.451 e. The van der Waals surface area contributed by atoms with Crippen molar-refractivity contribution in [3.8, 4) is 0 Å². The summed E-state index contributed by atoms with van der Waals surface area (Å²) in [5, 5.41) is 2.49. The Morgan fingerprint density at radius 3 is 2.50 bits per heavy atom. The van der Waals surface area contributed by atoms with E-state index in [-0.39, 0.29) is 5.69 Å². The number of amides is 1. The number of aryl methyl sites for hydroxylation is 1. The quantitative estimate of drug-likeness (QED) is 0.635. The molecule has 0 saturated heterocycles. The number of benzene rings is 1. The van der Waals surface area contributed by atoms with Gasteiger partial charge in [0.1, 0.15) is 0 Å². The summed E-state index contributed by atoms with van der Waals surface area (Å²) in [5.41, 5.74) is 1.06. The molecule has 0 radical (unpaired) electrons. The minimum absolute atomic E-state index is 0.00165. The summed E-state index contributed by atoms with van der Waals surface area (Å²) < 4.78 is 29.2. The number of nitrogens with one attached hydrogen (secondary N) is 1. The standard InChI is InChI=1S/C15H13F2N3O3S/c1-9-6-19-12(7-18-9)14(22)23-8-13(21)20-10-2-4-11(5-3-10)24-15(16)17/h2-7,15H,8H2,1H3,(H,20,21). The summed E-state index contributed by atoms with van der Waals surface area (Å²) in [4.78, 5) is 31.5. The number of hydrogen-bond donors (Lipinski definition) is 1. The average Bonchev–Trinajstić information content (AvgIpc) is 2.54. The number of anilines is 1. The van der Waals surface area contributed by atoms with Crippen LogP contribution in [0.25, 0.3) is 0 Å². The van der Waals surface area contributed by atoms with E-state index in [1.54, 1.807) is 6.92 Å². The third-order valence-electron chi connectivity index (χ3n) is 2.69. The maximum Gasteiger partial charge on any atom is 0.359 e. The maximum atomic E-state index is 12.2. The number of hydrogen-bond acceptors (Lipinski definition) is 6. The first-order valence-electron chi connectivity index (χ1n) is 6.74. The smallest absolute Gasteiger partial charge is 0.359 e. The molecule has 0 fully saturated rings. The molecule has 1 aromatic carbocycles. The summed E-state index contributed by atoms with van der Waals surface area (Å²) in [6.45, 7) is 1.22. The molecular weight excluding hydrogens is 340 g/mol. The first-order chi connectivity index (χ1) is 11.4. The molecule has 0 spiro atoms. The molecule has 1 heterocycles. The molecule has 6 nitrogen and oxygen atoms in total. The third-order valence-corrected chi connectivity index (χ3v) is 3.41. The second-order valence-corrected chi connectivity index (χ2v) is 5.63. The van der Waals surface area contributed by atoms with Crippen LogP contribution in [0.1, 0.15) is 16.2 Å². The molecule has 24 heavy (non-hydrogen) atoms. The maximum absolute atomic E-state index is 12.2. The topological polar surface area (TPSA) is 81.2 Å². The van der Waals surface area contributed by atoms with Crippen LogP contribution in [0.3, 0.4) is 0 Å². The fourth-order valence-electron chi connectivity index (χ4n) is 1.62. The van der Waals surface area contributed by atoms with Crippen LogP contribution in [-0.4, -0.2) is 34.2 Å². The number of halogens is 2. The first-order valence-corrected chi connectivity index (χ1v) is 7.62. The van der Waals surface area contributed by atoms with Gasteiger partial charge in [-0.15, -0.1) is 0 Å². The zero-order valence-electron chi connectivity index (χ0n) is 12.5. The number of carbonyl (C=O) groups is 2. The number of alkyl halides is 2. The van der Waals surface area contributed by atoms with Crippen LogP contribution in [0.5, 0.6) is 0 Å². The second kappa shape index (κ2) is 8.34. The van der Waals surface area contributed by atoms with Gasteiger partial charge in [0, 0.05) is 16.8 Å². The van der Waals surface area contributed by atoms with Gasteiger partial charge in [-0.05, 0) is 31.2 Å². The van der Waals surface area contributed by atoms with Crippen LogP contribution in [0.2, 0.25) is 0 Å². The first kappa shape index (κ1) is 17.8. The molecular formula is C15H13F2N3O3S. The van der Waals surface area contributed by atoms with Crippen molar-refractivity contribution in [1.29, 1.82) is 0 Å². The Bertz CT molecular complexity index is 709. The van der Waals surface area contributed by atoms with Crippen LogP contribution in [0, 0.1) is 6.92 Å². The van der Waals surface area contributed by atoms with E-state index in [0.717, 1.165) is 0 Å². The third kappa shape index (κ3) is 5.58. The van der Waals surface area contributed by atoms with Gasteiger partial charge in [0.15, 0.2) is 12.3 Å². The van der Waals surface area contributed by atoms with Gasteiger partial charge in [-0.25, -0.2) is 9.78 Å². The molecule has 0 aliphatic rings. The molecule has 0 aliphatic carbocycles. The van der Waals surface area contributed by atoms with Gasteiger partial charge in [0.2, 0.25) is 0 Å². The van der Waals surface area contributed by atoms with Crippen molar-refractivity contribution >= 4 is 29.3 Å². The van der Waals surface area contributed by atoms with Crippen LogP contribution >= 0.6 is 11.8 Å². The average molecular weight is 353 g/mol. The van der Waals surface area contributed by atoms with Crippen molar-refractivity contribution < 1.29 is 23.1 Å². The molecule has 2 aromatic rings. The molecule has 0 atom stereocenters. The predicted octanol–water partition coefficient (Wildman–Crippen LogP) is 2.90. The number of thioether (sulfide) groups is 1. The van der Waals surface area contributed by atoms with Crippen LogP contribution in [-0.2, 0) is 9.53 Å². The monoisotopic (exact) mass is 353 g/mol. The lowest BCUT2D eigenvalue weighted by Gasteiger charge is -2.07. The van der Waals surface area contributed by atoms with E-state index in [1.165, 1.54) is 36.7 Å². The molecule has 1 amide bonds. The van der Waals surface area contributed by atoms with Gasteiger partial charge < -0.3 is 10.1 Å². The molecule has 2 rings (SSSR count). The van der Waals surface area contributed by atoms with E-state index < -0.39 is 24.2 Å². The van der Waals surface area contributed by atoms with Crippen LogP contribution in [0.15, 0.2) is 41.6 Å². The zero-order valence-corrected chi connectivity index (χ0v) is 13.3. The van der Waals surface area contributed by atoms with E-state index in [2.05, 4.69) is 15.3 Å². The number of carbonyl (C=O) groups excluding carboxylic acids is 2. The van der Waals surface area contributed by atoms with E-state index in [1.807, 2.05) is 0 Å². The highest BCUT2D eigenvalue weighted by molar-refractivity contribution is 7.99. The summed E-state index contributed by atoms with van der Waals surface area (Å²) >= 11 is 0.411. The Balaban J connectivity index is 1.82. The number of esters is 1. The van der Waals surface area contributed by atoms with E-state index in [0.29, 0.717) is 28.0 Å². The summed E-state index contributed by atoms with van der Waals surface area (Å²) in [7, 11) is 0. The molecule has 0 aliphatic heterocycles. The van der Waals surface area contributed by atoms with E-state index >= 15 is 0 Å². The molecule has 0 bridgehead atoms. The van der Waals surface area contributed by atoms with Gasteiger partial charge >= 0.3 is 5.97 Å². The second-order valence-electron chi connectivity index (χ2n) is 4.57. The summed E-state index contributed by atoms with van der Waals surface area (Å²) in [6.07, 6.45) is 2.67. The molecule has 126 valence electrons. The SMILES string of the molecule is Cc1cnc(C(=O)OCC(=O)Nc2ccc(SC(F)F)cc2)cn1. The highest BCUT2D eigenvalue weighted by Crippen LogP contribution is 2.26. The van der Waals surface area contributed by atoms with E-state index in [9.17, 15) is 18.4 Å². The fraction of sp³-hybridized carbons (Fsp3) is 0.200. The van der Waals surface area contributed by atoms with Crippen molar-refractivity contribution in [2.24, 2.45) is 0 Å². The lowest BCUT2D eigenvalue weighted by atomic mass is 10.3. The Labute approximate surface area is 140 Å². The fourth-order valence-corrected chi connectivity index (χ4v) is 2.12. The van der Waals surface area contributed by atoms with Gasteiger partial charge in [-0.3, -0.25) is 9.78 Å². The van der Waals surface area contributed by atoms with Crippen molar-refractivity contribution in [2.45, 2.75) is 17.6 Å². The van der Waals surface area contributed by atoms with Crippen molar-refractivity contribution in [3.63, 3.8) is 0 Å². The highest BCUT2D eigenvalue weighted by atomic mass is 32.2. The van der Waals surface area contributed by atoms with Gasteiger partial charge in [-0.1, -0.05) is 11.8 Å². The Morgan fingerprint density at radius 2 is 1.92 bits per heavy atom. The van der Waals surface area contributed by atoms with Crippen molar-refractivity contribution in [2.75, 3.05) is 11.9 Å². The Hall–Kier alpha value is -2.55. The molecule has 0 unspecified atom stereocenters. The lowest BCUT2D eigenvalue weighted by molar-refractivity contribution is -0.119. The molecule has 1 aromatic heterocycles. The van der Waals surface area contributed by atoms with Gasteiger partial charge in [-0.2, -0.15) is 8.78 Å². The number of nitrogens with zero attached hydrogens (tertiary/aromatic N) is 2. The molecule has 9 heteroatoms. The summed E-state index contributed by atoms with van der Waals surface area (Å²) in [6, 6.07) is 5.88.